The van der Waals surface area contributed by atoms with E-state index in [2.05, 4.69) is 5.32 Å². The summed E-state index contributed by atoms with van der Waals surface area (Å²) < 4.78 is 16.3. The number of para-hydroxylation sites is 1. The van der Waals surface area contributed by atoms with Gasteiger partial charge in [-0.05, 0) is 66.9 Å². The number of benzene rings is 3. The van der Waals surface area contributed by atoms with Gasteiger partial charge in [0.05, 0.1) is 32.9 Å². The Morgan fingerprint density at radius 1 is 0.923 bits per heavy atom. The van der Waals surface area contributed by atoms with E-state index < -0.39 is 18.0 Å². The summed E-state index contributed by atoms with van der Waals surface area (Å²) in [6.07, 6.45) is 1.18. The summed E-state index contributed by atoms with van der Waals surface area (Å²) in [5, 5.41) is 2.83. The van der Waals surface area contributed by atoms with Gasteiger partial charge in [0.1, 0.15) is 11.8 Å². The van der Waals surface area contributed by atoms with E-state index in [0.717, 1.165) is 16.9 Å². The predicted molar refractivity (Wildman–Crippen MR) is 149 cm³/mol. The van der Waals surface area contributed by atoms with Crippen LogP contribution in [0.25, 0.3) is 0 Å². The first-order chi connectivity index (χ1) is 18.9. The largest absolute Gasteiger partial charge is 0.494 e. The topological polar surface area (TPSA) is 97.4 Å². The molecule has 1 saturated heterocycles. The maximum absolute atomic E-state index is 13.5. The van der Waals surface area contributed by atoms with Crippen molar-refractivity contribution in [2.24, 2.45) is 0 Å². The standard InChI is InChI=1S/C30H33N3O6/c1-4-18-39-24-13-11-22(12-14-24)31-28(34)20-25-29(35)33(23-8-6-5-7-9-23)30(36)32(25)17-16-21-10-15-26(37-2)27(19-21)38-3/h5-15,19,25H,4,16-18,20H2,1-3H3,(H,31,34). The highest BCUT2D eigenvalue weighted by Crippen LogP contribution is 2.30. The molecule has 0 aromatic heterocycles. The monoisotopic (exact) mass is 531 g/mol. The first kappa shape index (κ1) is 27.5. The Kier molecular flexibility index (Phi) is 9.04. The van der Waals surface area contributed by atoms with E-state index in [9.17, 15) is 14.4 Å². The maximum Gasteiger partial charge on any atom is 0.332 e. The Hall–Kier alpha value is -4.53. The minimum absolute atomic E-state index is 0.173. The number of carbonyl (C=O) groups is 3. The van der Waals surface area contributed by atoms with Crippen molar-refractivity contribution in [3.63, 3.8) is 0 Å². The van der Waals surface area contributed by atoms with E-state index in [4.69, 9.17) is 14.2 Å². The third kappa shape index (κ3) is 6.49. The summed E-state index contributed by atoms with van der Waals surface area (Å²) in [4.78, 5) is 42.6. The van der Waals surface area contributed by atoms with E-state index in [1.807, 2.05) is 25.1 Å². The summed E-state index contributed by atoms with van der Waals surface area (Å²) in [6, 6.07) is 19.9. The van der Waals surface area contributed by atoms with Crippen LogP contribution in [-0.2, 0) is 16.0 Å². The Bertz CT molecular complexity index is 1300. The molecule has 1 aliphatic heterocycles. The maximum atomic E-state index is 13.5. The lowest BCUT2D eigenvalue weighted by Gasteiger charge is -2.22. The number of rotatable bonds is 12. The van der Waals surface area contributed by atoms with Crippen LogP contribution < -0.4 is 24.4 Å². The first-order valence-electron chi connectivity index (χ1n) is 12.9. The molecular formula is C30H33N3O6. The lowest BCUT2D eigenvalue weighted by molar-refractivity contribution is -0.124. The van der Waals surface area contributed by atoms with Crippen LogP contribution in [0.4, 0.5) is 16.2 Å². The van der Waals surface area contributed by atoms with Gasteiger partial charge in [-0.3, -0.25) is 9.59 Å². The van der Waals surface area contributed by atoms with Crippen molar-refractivity contribution in [1.29, 1.82) is 0 Å². The fourth-order valence-corrected chi connectivity index (χ4v) is 4.43. The lowest BCUT2D eigenvalue weighted by Crippen LogP contribution is -2.39. The molecule has 0 bridgehead atoms. The fourth-order valence-electron chi connectivity index (χ4n) is 4.43. The highest BCUT2D eigenvalue weighted by Gasteiger charge is 2.46. The van der Waals surface area contributed by atoms with Crippen LogP contribution in [0.2, 0.25) is 0 Å². The third-order valence-corrected chi connectivity index (χ3v) is 6.41. The number of hydrogen-bond donors (Lipinski definition) is 1. The number of ether oxygens (including phenoxy) is 3. The second-order valence-electron chi connectivity index (χ2n) is 9.07. The van der Waals surface area contributed by atoms with Gasteiger partial charge in [-0.15, -0.1) is 0 Å². The molecular weight excluding hydrogens is 498 g/mol. The number of hydrogen-bond acceptors (Lipinski definition) is 6. The Morgan fingerprint density at radius 2 is 1.64 bits per heavy atom. The van der Waals surface area contributed by atoms with E-state index in [-0.39, 0.29) is 18.9 Å². The average Bonchev–Trinajstić information content (AvgIpc) is 3.19. The van der Waals surface area contributed by atoms with E-state index in [1.54, 1.807) is 68.8 Å². The molecule has 1 aliphatic rings. The molecule has 4 rings (SSSR count). The summed E-state index contributed by atoms with van der Waals surface area (Å²) in [5.74, 6) is 1.09. The zero-order valence-electron chi connectivity index (χ0n) is 22.4. The van der Waals surface area contributed by atoms with Crippen LogP contribution in [0.3, 0.4) is 0 Å². The SMILES string of the molecule is CCCOc1ccc(NC(=O)CC2C(=O)N(c3ccccc3)C(=O)N2CCc2ccc(OC)c(OC)c2)cc1. The second kappa shape index (κ2) is 12.8. The number of nitrogens with zero attached hydrogens (tertiary/aromatic N) is 2. The Balaban J connectivity index is 1.50. The van der Waals surface area contributed by atoms with E-state index >= 15 is 0 Å². The van der Waals surface area contributed by atoms with Crippen molar-refractivity contribution < 1.29 is 28.6 Å². The Labute approximate surface area is 228 Å². The Morgan fingerprint density at radius 3 is 2.31 bits per heavy atom. The minimum Gasteiger partial charge on any atom is -0.494 e. The van der Waals surface area contributed by atoms with Crippen LogP contribution in [0.5, 0.6) is 17.2 Å². The van der Waals surface area contributed by atoms with Gasteiger partial charge in [0.25, 0.3) is 5.91 Å². The van der Waals surface area contributed by atoms with E-state index in [0.29, 0.717) is 41.7 Å². The quantitative estimate of drug-likeness (QED) is 0.334. The van der Waals surface area contributed by atoms with Crippen molar-refractivity contribution in [2.45, 2.75) is 32.2 Å². The summed E-state index contributed by atoms with van der Waals surface area (Å²) >= 11 is 0. The molecule has 204 valence electrons. The molecule has 0 spiro atoms. The molecule has 0 radical (unpaired) electrons. The third-order valence-electron chi connectivity index (χ3n) is 6.41. The molecule has 1 heterocycles. The number of methoxy groups -OCH3 is 2. The normalized spacial score (nSPS) is 14.9. The lowest BCUT2D eigenvalue weighted by atomic mass is 10.1. The van der Waals surface area contributed by atoms with E-state index in [1.165, 1.54) is 4.90 Å². The number of imide groups is 1. The van der Waals surface area contributed by atoms with Crippen molar-refractivity contribution in [2.75, 3.05) is 37.6 Å². The molecule has 39 heavy (non-hydrogen) atoms. The van der Waals surface area contributed by atoms with Gasteiger partial charge in [-0.1, -0.05) is 31.2 Å². The summed E-state index contributed by atoms with van der Waals surface area (Å²) in [6.45, 7) is 2.88. The molecule has 9 nitrogen and oxygen atoms in total. The molecule has 4 amide bonds. The minimum atomic E-state index is -0.940. The molecule has 9 heteroatoms. The second-order valence-corrected chi connectivity index (χ2v) is 9.07. The zero-order chi connectivity index (χ0) is 27.8. The van der Waals surface area contributed by atoms with Crippen molar-refractivity contribution >= 4 is 29.2 Å². The van der Waals surface area contributed by atoms with Gasteiger partial charge < -0.3 is 24.4 Å². The molecule has 1 atom stereocenters. The van der Waals surface area contributed by atoms with Crippen molar-refractivity contribution in [3.05, 3.63) is 78.4 Å². The summed E-state index contributed by atoms with van der Waals surface area (Å²) in [7, 11) is 3.12. The van der Waals surface area contributed by atoms with Crippen molar-refractivity contribution in [3.8, 4) is 17.2 Å². The fraction of sp³-hybridized carbons (Fsp3) is 0.300. The number of anilines is 2. The van der Waals surface area contributed by atoms with Gasteiger partial charge in [-0.25, -0.2) is 9.69 Å². The number of carbonyl (C=O) groups excluding carboxylic acids is 3. The van der Waals surface area contributed by atoms with Crippen LogP contribution in [0.1, 0.15) is 25.3 Å². The molecule has 3 aromatic rings. The van der Waals surface area contributed by atoms with Crippen LogP contribution in [-0.4, -0.2) is 56.2 Å². The van der Waals surface area contributed by atoms with Crippen LogP contribution in [0.15, 0.2) is 72.8 Å². The molecule has 0 aliphatic carbocycles. The smallest absolute Gasteiger partial charge is 0.332 e. The molecule has 1 N–H and O–H groups in total. The number of nitrogens with one attached hydrogen (secondary N) is 1. The van der Waals surface area contributed by atoms with Crippen molar-refractivity contribution in [1.82, 2.24) is 4.90 Å². The highest BCUT2D eigenvalue weighted by molar-refractivity contribution is 6.22. The van der Waals surface area contributed by atoms with Crippen LogP contribution in [0, 0.1) is 0 Å². The van der Waals surface area contributed by atoms with Crippen LogP contribution >= 0.6 is 0 Å². The van der Waals surface area contributed by atoms with Gasteiger partial charge in [0.2, 0.25) is 5.91 Å². The van der Waals surface area contributed by atoms with Gasteiger partial charge in [-0.2, -0.15) is 0 Å². The molecule has 0 saturated carbocycles. The summed E-state index contributed by atoms with van der Waals surface area (Å²) in [5.41, 5.74) is 1.95. The van der Waals surface area contributed by atoms with Gasteiger partial charge >= 0.3 is 6.03 Å². The predicted octanol–water partition coefficient (Wildman–Crippen LogP) is 4.90. The average molecular weight is 532 g/mol. The number of urea groups is 1. The first-order valence-corrected chi connectivity index (χ1v) is 12.9. The van der Waals surface area contributed by atoms with Gasteiger partial charge in [0.15, 0.2) is 11.5 Å². The molecule has 1 fully saturated rings. The zero-order valence-corrected chi connectivity index (χ0v) is 22.4. The van der Waals surface area contributed by atoms with Gasteiger partial charge in [0, 0.05) is 12.2 Å². The molecule has 3 aromatic carbocycles. The molecule has 1 unspecified atom stereocenters. The highest BCUT2D eigenvalue weighted by atomic mass is 16.5. The number of amides is 4.